The van der Waals surface area contributed by atoms with Gasteiger partial charge in [-0.1, -0.05) is 29.3 Å². The first-order chi connectivity index (χ1) is 15.2. The van der Waals surface area contributed by atoms with Gasteiger partial charge in [0.15, 0.2) is 29.0 Å². The first kappa shape index (κ1) is 22.4. The van der Waals surface area contributed by atoms with E-state index in [1.807, 2.05) is 0 Å². The lowest BCUT2D eigenvalue weighted by Crippen LogP contribution is -2.49. The van der Waals surface area contributed by atoms with Gasteiger partial charge in [-0.25, -0.2) is 22.0 Å². The molecule has 2 aromatic carbocycles. The van der Waals surface area contributed by atoms with Crippen LogP contribution in [-0.4, -0.2) is 37.0 Å². The summed E-state index contributed by atoms with van der Waals surface area (Å²) in [6.45, 7) is -0.325. The molecule has 0 saturated carbocycles. The van der Waals surface area contributed by atoms with Crippen LogP contribution in [-0.2, 0) is 0 Å². The fourth-order valence-corrected chi connectivity index (χ4v) is 3.85. The zero-order chi connectivity index (χ0) is 23.2. The molecule has 1 aliphatic rings. The summed E-state index contributed by atoms with van der Waals surface area (Å²) >= 11 is 12.2. The summed E-state index contributed by atoms with van der Waals surface area (Å²) in [5.41, 5.74) is -0.515. The van der Waals surface area contributed by atoms with E-state index in [4.69, 9.17) is 27.6 Å². The Bertz CT molecular complexity index is 1180. The molecule has 4 nitrogen and oxygen atoms in total. The molecule has 0 aliphatic carbocycles. The molecule has 0 unspecified atom stereocenters. The van der Waals surface area contributed by atoms with Crippen LogP contribution in [0.15, 0.2) is 34.7 Å². The number of amides is 1. The molecular formula is C21H13Cl2F5N2O2. The molecule has 0 spiro atoms. The van der Waals surface area contributed by atoms with Gasteiger partial charge in [0, 0.05) is 31.7 Å². The molecular weight excluding hydrogens is 478 g/mol. The van der Waals surface area contributed by atoms with E-state index in [1.54, 1.807) is 24.3 Å². The molecule has 0 N–H and O–H groups in total. The third-order valence-corrected chi connectivity index (χ3v) is 5.92. The van der Waals surface area contributed by atoms with E-state index in [9.17, 15) is 26.7 Å². The maximum atomic E-state index is 14.1. The Morgan fingerprint density at radius 2 is 1.41 bits per heavy atom. The quantitative estimate of drug-likeness (QED) is 0.260. The molecule has 0 radical (unpaired) electrons. The zero-order valence-corrected chi connectivity index (χ0v) is 17.6. The van der Waals surface area contributed by atoms with Gasteiger partial charge in [-0.05, 0) is 24.3 Å². The van der Waals surface area contributed by atoms with Gasteiger partial charge in [-0.3, -0.25) is 4.79 Å². The van der Waals surface area contributed by atoms with Crippen molar-refractivity contribution in [1.82, 2.24) is 4.90 Å². The van der Waals surface area contributed by atoms with Crippen molar-refractivity contribution in [3.8, 4) is 11.3 Å². The van der Waals surface area contributed by atoms with Gasteiger partial charge in [0.05, 0.1) is 10.0 Å². The number of carbonyl (C=O) groups excluding carboxylic acids is 1. The largest absolute Gasteiger partial charge is 0.451 e. The van der Waals surface area contributed by atoms with Crippen LogP contribution >= 0.6 is 23.2 Å². The highest BCUT2D eigenvalue weighted by Crippen LogP contribution is 2.35. The first-order valence-corrected chi connectivity index (χ1v) is 10.1. The van der Waals surface area contributed by atoms with Crippen LogP contribution in [0.2, 0.25) is 10.0 Å². The average molecular weight is 491 g/mol. The van der Waals surface area contributed by atoms with Gasteiger partial charge < -0.3 is 14.2 Å². The SMILES string of the molecule is O=C(c1ccc(-c2cccc(Cl)c2Cl)o1)N1CCN(c2c(F)c(F)c(F)c(F)c2F)CC1. The van der Waals surface area contributed by atoms with Gasteiger partial charge in [0.2, 0.25) is 5.82 Å². The minimum absolute atomic E-state index is 0.000671. The van der Waals surface area contributed by atoms with Gasteiger partial charge in [0.25, 0.3) is 5.91 Å². The predicted molar refractivity (Wildman–Crippen MR) is 109 cm³/mol. The molecule has 0 bridgehead atoms. The molecule has 1 amide bonds. The predicted octanol–water partition coefficient (Wildman–Crippen LogP) is 5.91. The standard InChI is InChI=1S/C21H13Cl2F5N2O2/c22-11-3-1-2-10(14(11)23)12-4-5-13(32-12)21(31)30-8-6-29(7-9-30)20-18(27)16(25)15(24)17(26)19(20)28/h1-5H,6-9H2. The Balaban J connectivity index is 1.50. The van der Waals surface area contributed by atoms with Crippen molar-refractivity contribution < 1.29 is 31.2 Å². The van der Waals surface area contributed by atoms with E-state index in [-0.39, 0.29) is 37.0 Å². The minimum Gasteiger partial charge on any atom is -0.451 e. The van der Waals surface area contributed by atoms with E-state index in [0.29, 0.717) is 16.3 Å². The molecule has 1 fully saturated rings. The van der Waals surface area contributed by atoms with Crippen molar-refractivity contribution in [3.63, 3.8) is 0 Å². The Labute approximate surface area is 188 Å². The number of piperazine rings is 1. The van der Waals surface area contributed by atoms with Crippen LogP contribution in [0.3, 0.4) is 0 Å². The number of benzene rings is 2. The van der Waals surface area contributed by atoms with Crippen LogP contribution in [0.5, 0.6) is 0 Å². The van der Waals surface area contributed by atoms with E-state index >= 15 is 0 Å². The van der Waals surface area contributed by atoms with Crippen LogP contribution in [0.4, 0.5) is 27.6 Å². The Morgan fingerprint density at radius 3 is 2.03 bits per heavy atom. The van der Waals surface area contributed by atoms with Crippen LogP contribution < -0.4 is 4.90 Å². The number of halogens is 7. The summed E-state index contributed by atoms with van der Waals surface area (Å²) in [5, 5.41) is 0.580. The second-order valence-electron chi connectivity index (χ2n) is 6.96. The maximum Gasteiger partial charge on any atom is 0.289 e. The van der Waals surface area contributed by atoms with Gasteiger partial charge >= 0.3 is 0 Å². The first-order valence-electron chi connectivity index (χ1n) is 9.30. The van der Waals surface area contributed by atoms with Crippen molar-refractivity contribution in [2.45, 2.75) is 0 Å². The second-order valence-corrected chi connectivity index (χ2v) is 7.75. The summed E-state index contributed by atoms with van der Waals surface area (Å²) in [6, 6.07) is 7.95. The third-order valence-electron chi connectivity index (χ3n) is 5.10. The maximum absolute atomic E-state index is 14.1. The van der Waals surface area contributed by atoms with Crippen molar-refractivity contribution >= 4 is 34.8 Å². The summed E-state index contributed by atoms with van der Waals surface area (Å²) in [4.78, 5) is 15.1. The third kappa shape index (κ3) is 3.80. The zero-order valence-electron chi connectivity index (χ0n) is 16.1. The Kier molecular flexibility index (Phi) is 6.05. The number of hydrogen-bond acceptors (Lipinski definition) is 3. The monoisotopic (exact) mass is 490 g/mol. The van der Waals surface area contributed by atoms with Gasteiger partial charge in [-0.15, -0.1) is 0 Å². The highest BCUT2D eigenvalue weighted by Gasteiger charge is 2.32. The van der Waals surface area contributed by atoms with E-state index < -0.39 is 40.7 Å². The van der Waals surface area contributed by atoms with E-state index in [1.165, 1.54) is 11.0 Å². The summed E-state index contributed by atoms with van der Waals surface area (Å²) in [7, 11) is 0. The topological polar surface area (TPSA) is 36.7 Å². The second kappa shape index (κ2) is 8.63. The normalized spacial score (nSPS) is 14.2. The summed E-state index contributed by atoms with van der Waals surface area (Å²) in [5.74, 6) is -10.2. The van der Waals surface area contributed by atoms with Crippen molar-refractivity contribution in [2.24, 2.45) is 0 Å². The lowest BCUT2D eigenvalue weighted by atomic mass is 10.2. The molecule has 0 atom stereocenters. The summed E-state index contributed by atoms with van der Waals surface area (Å²) in [6.07, 6.45) is 0. The molecule has 3 aromatic rings. The molecule has 168 valence electrons. The minimum atomic E-state index is -2.22. The molecule has 11 heteroatoms. The molecule has 2 heterocycles. The van der Waals surface area contributed by atoms with Crippen molar-refractivity contribution in [1.29, 1.82) is 0 Å². The fraction of sp³-hybridized carbons (Fsp3) is 0.190. The smallest absolute Gasteiger partial charge is 0.289 e. The molecule has 32 heavy (non-hydrogen) atoms. The number of hydrogen-bond donors (Lipinski definition) is 0. The number of anilines is 1. The Hall–Kier alpha value is -2.78. The molecule has 1 aliphatic heterocycles. The van der Waals surface area contributed by atoms with Crippen LogP contribution in [0.1, 0.15) is 10.6 Å². The van der Waals surface area contributed by atoms with Crippen molar-refractivity contribution in [2.75, 3.05) is 31.1 Å². The van der Waals surface area contributed by atoms with Gasteiger partial charge in [-0.2, -0.15) is 0 Å². The highest BCUT2D eigenvalue weighted by molar-refractivity contribution is 6.43. The summed E-state index contributed by atoms with van der Waals surface area (Å²) < 4.78 is 74.0. The Morgan fingerprint density at radius 1 is 0.812 bits per heavy atom. The van der Waals surface area contributed by atoms with Crippen LogP contribution in [0, 0.1) is 29.1 Å². The number of carbonyl (C=O) groups is 1. The highest BCUT2D eigenvalue weighted by atomic mass is 35.5. The van der Waals surface area contributed by atoms with Gasteiger partial charge in [0.1, 0.15) is 11.4 Å². The molecule has 1 aromatic heterocycles. The lowest BCUT2D eigenvalue weighted by molar-refractivity contribution is 0.0715. The molecule has 1 saturated heterocycles. The number of rotatable bonds is 3. The lowest BCUT2D eigenvalue weighted by Gasteiger charge is -2.36. The number of furan rings is 1. The number of nitrogens with zero attached hydrogens (tertiary/aromatic N) is 2. The van der Waals surface area contributed by atoms with Crippen molar-refractivity contribution in [3.05, 3.63) is 75.2 Å². The van der Waals surface area contributed by atoms with Crippen LogP contribution in [0.25, 0.3) is 11.3 Å². The fourth-order valence-electron chi connectivity index (χ4n) is 3.45. The van der Waals surface area contributed by atoms with E-state index in [2.05, 4.69) is 0 Å². The molecule has 4 rings (SSSR count). The van der Waals surface area contributed by atoms with E-state index in [0.717, 1.165) is 4.90 Å². The average Bonchev–Trinajstić information content (AvgIpc) is 3.28.